The van der Waals surface area contributed by atoms with Crippen LogP contribution in [0.15, 0.2) is 88.1 Å². The molecule has 0 fully saturated rings. The van der Waals surface area contributed by atoms with Gasteiger partial charge >= 0.3 is 0 Å². The summed E-state index contributed by atoms with van der Waals surface area (Å²) in [4.78, 5) is 13.6. The molecule has 6 aromatic rings. The Morgan fingerprint density at radius 3 is 2.21 bits per heavy atom. The molecule has 138 valence electrons. The van der Waals surface area contributed by atoms with Crippen LogP contribution in [0.2, 0.25) is 0 Å². The summed E-state index contributed by atoms with van der Waals surface area (Å²) in [6.45, 7) is 0. The fourth-order valence-electron chi connectivity index (χ4n) is 4.50. The Kier molecular flexibility index (Phi) is 3.24. The second kappa shape index (κ2) is 5.82. The molecule has 0 N–H and O–H groups in total. The smallest absolute Gasteiger partial charge is 0.198 e. The van der Waals surface area contributed by atoms with Crippen LogP contribution >= 0.6 is 0 Å². The van der Waals surface area contributed by atoms with Gasteiger partial charge in [-0.25, -0.2) is 0 Å². The zero-order chi connectivity index (χ0) is 19.5. The number of hydrogen-bond donors (Lipinski definition) is 0. The van der Waals surface area contributed by atoms with E-state index in [2.05, 4.69) is 6.07 Å². The van der Waals surface area contributed by atoms with E-state index in [-0.39, 0.29) is 5.43 Å². The maximum Gasteiger partial charge on any atom is 0.198 e. The van der Waals surface area contributed by atoms with E-state index in [1.807, 2.05) is 72.8 Å². The van der Waals surface area contributed by atoms with Crippen molar-refractivity contribution in [3.8, 4) is 16.9 Å². The van der Waals surface area contributed by atoms with Gasteiger partial charge < -0.3 is 9.15 Å². The molecule has 0 unspecified atom stereocenters. The number of methoxy groups -OCH3 is 1. The van der Waals surface area contributed by atoms with Gasteiger partial charge in [0, 0.05) is 26.9 Å². The van der Waals surface area contributed by atoms with Gasteiger partial charge in [-0.05, 0) is 35.2 Å². The molecule has 0 radical (unpaired) electrons. The van der Waals surface area contributed by atoms with Crippen molar-refractivity contribution in [2.75, 3.05) is 7.11 Å². The Morgan fingerprint density at radius 1 is 0.655 bits per heavy atom. The standard InChI is InChI=1S/C26H16O3/c1-28-26-19-13-14-21-24-17(16-9-5-6-10-20(16)29-21)11-12-18(23(19)24)25(27)22(26)15-7-3-2-4-8-15/h2-14H,1H3. The van der Waals surface area contributed by atoms with Crippen molar-refractivity contribution in [1.29, 1.82) is 0 Å². The summed E-state index contributed by atoms with van der Waals surface area (Å²) in [7, 11) is 1.62. The minimum Gasteiger partial charge on any atom is -0.495 e. The topological polar surface area (TPSA) is 39.4 Å². The van der Waals surface area contributed by atoms with Crippen LogP contribution in [-0.2, 0) is 0 Å². The van der Waals surface area contributed by atoms with Crippen molar-refractivity contribution in [2.45, 2.75) is 0 Å². The third kappa shape index (κ3) is 2.10. The Labute approximate surface area is 166 Å². The Hall–Kier alpha value is -3.85. The zero-order valence-electron chi connectivity index (χ0n) is 15.7. The molecule has 29 heavy (non-hydrogen) atoms. The molecule has 3 heteroatoms. The van der Waals surface area contributed by atoms with E-state index < -0.39 is 0 Å². The van der Waals surface area contributed by atoms with Gasteiger partial charge in [0.05, 0.1) is 12.7 Å². The van der Waals surface area contributed by atoms with Crippen molar-refractivity contribution in [2.24, 2.45) is 0 Å². The summed E-state index contributed by atoms with van der Waals surface area (Å²) >= 11 is 0. The highest BCUT2D eigenvalue weighted by Crippen LogP contribution is 2.43. The Bertz CT molecular complexity index is 1590. The van der Waals surface area contributed by atoms with E-state index in [0.29, 0.717) is 16.7 Å². The zero-order valence-corrected chi connectivity index (χ0v) is 15.7. The summed E-state index contributed by atoms with van der Waals surface area (Å²) in [5.74, 6) is 0.608. The molecule has 5 aromatic carbocycles. The first-order chi connectivity index (χ1) is 14.3. The molecule has 0 spiro atoms. The van der Waals surface area contributed by atoms with Crippen LogP contribution in [0.1, 0.15) is 0 Å². The van der Waals surface area contributed by atoms with Crippen molar-refractivity contribution >= 4 is 43.5 Å². The number of para-hydroxylation sites is 1. The fraction of sp³-hybridized carbons (Fsp3) is 0.0385. The number of benzene rings is 5. The van der Waals surface area contributed by atoms with E-state index in [1.54, 1.807) is 7.11 Å². The summed E-state index contributed by atoms with van der Waals surface area (Å²) in [5.41, 5.74) is 3.03. The SMILES string of the molecule is COc1c(-c2ccccc2)c(=O)c2ccc3c4ccccc4oc4ccc1c2c43. The molecule has 0 saturated carbocycles. The van der Waals surface area contributed by atoms with Gasteiger partial charge in [-0.1, -0.05) is 54.6 Å². The molecular formula is C26H16O3. The van der Waals surface area contributed by atoms with E-state index in [9.17, 15) is 4.79 Å². The molecular weight excluding hydrogens is 360 g/mol. The van der Waals surface area contributed by atoms with Crippen molar-refractivity contribution < 1.29 is 9.15 Å². The predicted octanol–water partition coefficient (Wildman–Crippen LogP) is 6.37. The molecule has 3 nitrogen and oxygen atoms in total. The number of rotatable bonds is 2. The lowest BCUT2D eigenvalue weighted by atomic mass is 9.91. The highest BCUT2D eigenvalue weighted by Gasteiger charge is 2.22. The van der Waals surface area contributed by atoms with E-state index >= 15 is 0 Å². The van der Waals surface area contributed by atoms with Crippen LogP contribution in [0.5, 0.6) is 5.75 Å². The lowest BCUT2D eigenvalue weighted by Gasteiger charge is -2.16. The molecule has 0 aliphatic heterocycles. The third-order valence-electron chi connectivity index (χ3n) is 5.73. The second-order valence-electron chi connectivity index (χ2n) is 7.22. The first kappa shape index (κ1) is 16.1. The molecule has 0 aliphatic rings. The highest BCUT2D eigenvalue weighted by atomic mass is 16.5. The van der Waals surface area contributed by atoms with Crippen LogP contribution in [0, 0.1) is 0 Å². The number of hydrogen-bond acceptors (Lipinski definition) is 3. The molecule has 1 heterocycles. The lowest BCUT2D eigenvalue weighted by molar-refractivity contribution is 0.421. The highest BCUT2D eigenvalue weighted by molar-refractivity contribution is 6.28. The van der Waals surface area contributed by atoms with Crippen LogP contribution < -0.4 is 10.2 Å². The maximum atomic E-state index is 13.6. The van der Waals surface area contributed by atoms with Gasteiger partial charge in [0.15, 0.2) is 5.43 Å². The van der Waals surface area contributed by atoms with E-state index in [4.69, 9.17) is 9.15 Å². The first-order valence-corrected chi connectivity index (χ1v) is 9.53. The molecule has 0 amide bonds. The third-order valence-corrected chi connectivity index (χ3v) is 5.73. The average molecular weight is 376 g/mol. The largest absolute Gasteiger partial charge is 0.495 e. The van der Waals surface area contributed by atoms with Crippen LogP contribution in [0.3, 0.4) is 0 Å². The molecule has 1 aromatic heterocycles. The molecule has 0 aliphatic carbocycles. The number of fused-ring (bicyclic) bond motifs is 2. The summed E-state index contributed by atoms with van der Waals surface area (Å²) in [6.07, 6.45) is 0. The van der Waals surface area contributed by atoms with Crippen LogP contribution in [0.4, 0.5) is 0 Å². The van der Waals surface area contributed by atoms with Crippen molar-refractivity contribution in [3.05, 3.63) is 89.1 Å². The van der Waals surface area contributed by atoms with Crippen molar-refractivity contribution in [3.63, 3.8) is 0 Å². The Morgan fingerprint density at radius 2 is 1.38 bits per heavy atom. The predicted molar refractivity (Wildman–Crippen MR) is 118 cm³/mol. The molecule has 0 bridgehead atoms. The van der Waals surface area contributed by atoms with E-state index in [1.165, 1.54) is 0 Å². The van der Waals surface area contributed by atoms with Gasteiger partial charge in [-0.15, -0.1) is 0 Å². The fourth-order valence-corrected chi connectivity index (χ4v) is 4.50. The number of ether oxygens (including phenoxy) is 1. The maximum absolute atomic E-state index is 13.6. The lowest BCUT2D eigenvalue weighted by Crippen LogP contribution is -2.09. The molecule has 0 atom stereocenters. The van der Waals surface area contributed by atoms with Crippen LogP contribution in [-0.4, -0.2) is 7.11 Å². The second-order valence-corrected chi connectivity index (χ2v) is 7.22. The first-order valence-electron chi connectivity index (χ1n) is 9.53. The van der Waals surface area contributed by atoms with Crippen LogP contribution in [0.25, 0.3) is 54.6 Å². The normalized spacial score (nSPS) is 11.8. The van der Waals surface area contributed by atoms with E-state index in [0.717, 1.165) is 43.7 Å². The molecule has 6 rings (SSSR count). The minimum atomic E-state index is -0.0249. The molecule has 0 saturated heterocycles. The summed E-state index contributed by atoms with van der Waals surface area (Å²) in [5, 5.41) is 5.58. The monoisotopic (exact) mass is 376 g/mol. The van der Waals surface area contributed by atoms with Gasteiger partial charge in [0.2, 0.25) is 0 Å². The van der Waals surface area contributed by atoms with Gasteiger partial charge in [0.1, 0.15) is 16.9 Å². The average Bonchev–Trinajstić information content (AvgIpc) is 2.78. The van der Waals surface area contributed by atoms with Gasteiger partial charge in [0.25, 0.3) is 0 Å². The Balaban J connectivity index is 1.89. The van der Waals surface area contributed by atoms with Gasteiger partial charge in [-0.2, -0.15) is 0 Å². The quantitative estimate of drug-likeness (QED) is 0.260. The minimum absolute atomic E-state index is 0.0249. The summed E-state index contributed by atoms with van der Waals surface area (Å²) in [6, 6.07) is 25.6. The summed E-state index contributed by atoms with van der Waals surface area (Å²) < 4.78 is 12.0. The van der Waals surface area contributed by atoms with Crippen molar-refractivity contribution in [1.82, 2.24) is 0 Å². The van der Waals surface area contributed by atoms with Gasteiger partial charge in [-0.3, -0.25) is 4.79 Å².